The summed E-state index contributed by atoms with van der Waals surface area (Å²) in [6.45, 7) is 0.210. The number of oxime groups is 1. The summed E-state index contributed by atoms with van der Waals surface area (Å²) in [5.74, 6) is 0.853. The Morgan fingerprint density at radius 3 is 2.91 bits per heavy atom. The predicted molar refractivity (Wildman–Crippen MR) is 79.5 cm³/mol. The molecule has 7 nitrogen and oxygen atoms in total. The lowest BCUT2D eigenvalue weighted by Crippen LogP contribution is -2.23. The maximum absolute atomic E-state index is 11.0. The molecule has 0 saturated carbocycles. The lowest BCUT2D eigenvalue weighted by molar-refractivity contribution is 0.0696. The summed E-state index contributed by atoms with van der Waals surface area (Å²) in [5.41, 5.74) is 1.68. The van der Waals surface area contributed by atoms with Gasteiger partial charge in [-0.05, 0) is 30.3 Å². The average molecular weight is 312 g/mol. The number of hydrogen-bond donors (Lipinski definition) is 2. The molecule has 0 aliphatic carbocycles. The zero-order valence-electron chi connectivity index (χ0n) is 11.9. The number of aromatic carboxylic acids is 1. The van der Waals surface area contributed by atoms with Gasteiger partial charge in [0.2, 0.25) is 13.0 Å². The van der Waals surface area contributed by atoms with Gasteiger partial charge in [-0.15, -0.1) is 0 Å². The van der Waals surface area contributed by atoms with Gasteiger partial charge in [-0.3, -0.25) is 0 Å². The van der Waals surface area contributed by atoms with E-state index in [9.17, 15) is 4.79 Å². The highest BCUT2D eigenvalue weighted by molar-refractivity contribution is 6.01. The number of rotatable bonds is 3. The minimum atomic E-state index is -0.987. The molecule has 116 valence electrons. The number of carbonyl (C=O) groups is 1. The van der Waals surface area contributed by atoms with Gasteiger partial charge in [-0.25, -0.2) is 4.79 Å². The Hall–Kier alpha value is -3.22. The normalized spacial score (nSPS) is 18.1. The van der Waals surface area contributed by atoms with Crippen molar-refractivity contribution in [3.05, 3.63) is 59.2 Å². The molecule has 0 amide bonds. The third-order valence-electron chi connectivity index (χ3n) is 3.60. The number of carboxylic acids is 1. The minimum Gasteiger partial charge on any atom is -0.478 e. The minimum absolute atomic E-state index is 0.193. The van der Waals surface area contributed by atoms with Gasteiger partial charge >= 0.3 is 5.97 Å². The molecule has 0 aromatic heterocycles. The standard InChI is InChI=1S/C16H12N2O5/c19-16(20)11-3-1-2-9(6-11)14-17-15(23-18-14)10-4-5-12-13(7-10)22-8-21-12/h1-7,15H,8H2,(H,17,18)(H,19,20). The Balaban J connectivity index is 1.55. The fraction of sp³-hybridized carbons (Fsp3) is 0.125. The molecule has 1 atom stereocenters. The van der Waals surface area contributed by atoms with Crippen LogP contribution >= 0.6 is 0 Å². The van der Waals surface area contributed by atoms with Crippen molar-refractivity contribution in [2.75, 3.05) is 6.79 Å². The van der Waals surface area contributed by atoms with Gasteiger partial charge in [0, 0.05) is 11.1 Å². The monoisotopic (exact) mass is 312 g/mol. The van der Waals surface area contributed by atoms with Crippen LogP contribution in [0.25, 0.3) is 0 Å². The van der Waals surface area contributed by atoms with Gasteiger partial charge in [-0.1, -0.05) is 17.3 Å². The van der Waals surface area contributed by atoms with Crippen LogP contribution in [0.2, 0.25) is 0 Å². The summed E-state index contributed by atoms with van der Waals surface area (Å²) in [5, 5.41) is 16.2. The average Bonchev–Trinajstić information content (AvgIpc) is 3.23. The zero-order valence-corrected chi connectivity index (χ0v) is 11.9. The van der Waals surface area contributed by atoms with Crippen molar-refractivity contribution >= 4 is 11.8 Å². The van der Waals surface area contributed by atoms with E-state index in [1.54, 1.807) is 18.2 Å². The number of nitrogens with zero attached hydrogens (tertiary/aromatic N) is 1. The Morgan fingerprint density at radius 2 is 2.04 bits per heavy atom. The smallest absolute Gasteiger partial charge is 0.335 e. The first kappa shape index (κ1) is 13.4. The Labute approximate surface area is 131 Å². The Bertz CT molecular complexity index is 818. The highest BCUT2D eigenvalue weighted by atomic mass is 16.7. The van der Waals surface area contributed by atoms with E-state index in [0.717, 1.165) is 5.56 Å². The number of fused-ring (bicyclic) bond motifs is 1. The summed E-state index contributed by atoms with van der Waals surface area (Å²) in [4.78, 5) is 16.4. The van der Waals surface area contributed by atoms with Crippen molar-refractivity contribution < 1.29 is 24.2 Å². The Kier molecular flexibility index (Phi) is 3.04. The molecule has 7 heteroatoms. The number of ether oxygens (including phenoxy) is 2. The van der Waals surface area contributed by atoms with Crippen LogP contribution in [0, 0.1) is 0 Å². The first-order chi connectivity index (χ1) is 11.2. The molecular weight excluding hydrogens is 300 g/mol. The van der Waals surface area contributed by atoms with E-state index in [2.05, 4.69) is 10.5 Å². The van der Waals surface area contributed by atoms with Crippen LogP contribution < -0.4 is 14.8 Å². The molecule has 1 unspecified atom stereocenters. The van der Waals surface area contributed by atoms with E-state index in [-0.39, 0.29) is 12.4 Å². The van der Waals surface area contributed by atoms with E-state index in [1.807, 2.05) is 18.2 Å². The molecule has 0 spiro atoms. The summed E-state index contributed by atoms with van der Waals surface area (Å²) in [6, 6.07) is 12.0. The van der Waals surface area contributed by atoms with Gasteiger partial charge in [0.25, 0.3) is 0 Å². The van der Waals surface area contributed by atoms with Crippen molar-refractivity contribution in [1.82, 2.24) is 5.32 Å². The summed E-state index contributed by atoms with van der Waals surface area (Å²) >= 11 is 0. The molecule has 2 aliphatic heterocycles. The second-order valence-electron chi connectivity index (χ2n) is 5.07. The van der Waals surface area contributed by atoms with E-state index in [4.69, 9.17) is 19.4 Å². The third kappa shape index (κ3) is 2.42. The second kappa shape index (κ2) is 5.20. The van der Waals surface area contributed by atoms with E-state index in [1.165, 1.54) is 6.07 Å². The molecule has 4 rings (SSSR count). The molecule has 0 radical (unpaired) electrons. The maximum Gasteiger partial charge on any atom is 0.335 e. The van der Waals surface area contributed by atoms with Crippen molar-refractivity contribution in [1.29, 1.82) is 0 Å². The summed E-state index contributed by atoms with van der Waals surface area (Å²) in [7, 11) is 0. The lowest BCUT2D eigenvalue weighted by Gasteiger charge is -2.11. The number of benzene rings is 2. The molecule has 2 aliphatic rings. The van der Waals surface area contributed by atoms with Gasteiger partial charge in [0.15, 0.2) is 17.3 Å². The predicted octanol–water partition coefficient (Wildman–Crippen LogP) is 2.09. The first-order valence-electron chi connectivity index (χ1n) is 6.94. The van der Waals surface area contributed by atoms with E-state index >= 15 is 0 Å². The number of amidine groups is 1. The van der Waals surface area contributed by atoms with Crippen LogP contribution in [0.5, 0.6) is 11.5 Å². The van der Waals surface area contributed by atoms with Crippen molar-refractivity contribution in [3.63, 3.8) is 0 Å². The van der Waals surface area contributed by atoms with Crippen LogP contribution in [0.15, 0.2) is 47.6 Å². The molecule has 0 saturated heterocycles. The van der Waals surface area contributed by atoms with Gasteiger partial charge < -0.3 is 24.7 Å². The van der Waals surface area contributed by atoms with Gasteiger partial charge in [0.1, 0.15) is 0 Å². The molecule has 0 bridgehead atoms. The quantitative estimate of drug-likeness (QED) is 0.902. The largest absolute Gasteiger partial charge is 0.478 e. The van der Waals surface area contributed by atoms with E-state index in [0.29, 0.717) is 22.9 Å². The first-order valence-corrected chi connectivity index (χ1v) is 6.94. The second-order valence-corrected chi connectivity index (χ2v) is 5.07. The highest BCUT2D eigenvalue weighted by Crippen LogP contribution is 2.35. The van der Waals surface area contributed by atoms with E-state index < -0.39 is 12.2 Å². The molecule has 2 N–H and O–H groups in total. The van der Waals surface area contributed by atoms with Crippen LogP contribution in [-0.2, 0) is 4.84 Å². The third-order valence-corrected chi connectivity index (χ3v) is 3.60. The zero-order chi connectivity index (χ0) is 15.8. The number of nitrogens with one attached hydrogen (secondary N) is 1. The fourth-order valence-corrected chi connectivity index (χ4v) is 2.44. The summed E-state index contributed by atoms with van der Waals surface area (Å²) in [6.07, 6.45) is -0.465. The highest BCUT2D eigenvalue weighted by Gasteiger charge is 2.25. The van der Waals surface area contributed by atoms with Crippen molar-refractivity contribution in [2.45, 2.75) is 6.23 Å². The van der Waals surface area contributed by atoms with Gasteiger partial charge in [0.05, 0.1) is 5.56 Å². The molecule has 0 fully saturated rings. The molecule has 2 aromatic rings. The van der Waals surface area contributed by atoms with Gasteiger partial charge in [-0.2, -0.15) is 0 Å². The number of hydrogen-bond acceptors (Lipinski definition) is 6. The van der Waals surface area contributed by atoms with Crippen molar-refractivity contribution in [2.24, 2.45) is 5.16 Å². The SMILES string of the molecule is O=C(O)c1cccc(C2=NOC(c3ccc4c(c3)OCO4)N2)c1. The Morgan fingerprint density at radius 1 is 1.17 bits per heavy atom. The molecule has 2 heterocycles. The van der Waals surface area contributed by atoms with Crippen LogP contribution in [0.1, 0.15) is 27.7 Å². The van der Waals surface area contributed by atoms with Crippen molar-refractivity contribution in [3.8, 4) is 11.5 Å². The lowest BCUT2D eigenvalue weighted by atomic mass is 10.1. The fourth-order valence-electron chi connectivity index (χ4n) is 2.44. The maximum atomic E-state index is 11.0. The molecule has 2 aromatic carbocycles. The summed E-state index contributed by atoms with van der Waals surface area (Å²) < 4.78 is 10.6. The van der Waals surface area contributed by atoms with Crippen LogP contribution in [-0.4, -0.2) is 23.7 Å². The number of carboxylic acid groups (broad SMARTS) is 1. The molecular formula is C16H12N2O5. The van der Waals surface area contributed by atoms with Crippen LogP contribution in [0.4, 0.5) is 0 Å². The molecule has 23 heavy (non-hydrogen) atoms. The topological polar surface area (TPSA) is 89.4 Å². The van der Waals surface area contributed by atoms with Crippen LogP contribution in [0.3, 0.4) is 0 Å².